The van der Waals surface area contributed by atoms with E-state index in [4.69, 9.17) is 4.74 Å². The fourth-order valence-corrected chi connectivity index (χ4v) is 4.14. The van der Waals surface area contributed by atoms with Gasteiger partial charge < -0.3 is 10.1 Å². The molecule has 1 aromatic heterocycles. The van der Waals surface area contributed by atoms with E-state index >= 15 is 0 Å². The quantitative estimate of drug-likeness (QED) is 0.722. The molecule has 1 atom stereocenters. The third kappa shape index (κ3) is 4.42. The summed E-state index contributed by atoms with van der Waals surface area (Å²) >= 11 is 1.37. The van der Waals surface area contributed by atoms with Crippen molar-refractivity contribution in [1.29, 1.82) is 5.26 Å². The number of nitrogens with zero attached hydrogens (tertiary/aromatic N) is 2. The van der Waals surface area contributed by atoms with Gasteiger partial charge in [0, 0.05) is 5.69 Å². The highest BCUT2D eigenvalue weighted by Crippen LogP contribution is 2.32. The van der Waals surface area contributed by atoms with Crippen molar-refractivity contribution >= 4 is 23.4 Å². The van der Waals surface area contributed by atoms with Crippen molar-refractivity contribution in [3.8, 4) is 11.8 Å². The number of aryl methyl sites for hydroxylation is 2. The maximum absolute atomic E-state index is 12.8. The zero-order valence-electron chi connectivity index (χ0n) is 15.6. The fraction of sp³-hybridized carbons (Fsp3) is 0.381. The van der Waals surface area contributed by atoms with Crippen LogP contribution in [0.4, 0.5) is 5.69 Å². The topological polar surface area (TPSA) is 75.0 Å². The predicted octanol–water partition coefficient (Wildman–Crippen LogP) is 4.35. The van der Waals surface area contributed by atoms with Gasteiger partial charge in [0.1, 0.15) is 16.8 Å². The second kappa shape index (κ2) is 8.92. The first-order chi connectivity index (χ1) is 13.2. The van der Waals surface area contributed by atoms with Crippen molar-refractivity contribution in [2.75, 3.05) is 11.9 Å². The Balaban J connectivity index is 1.78. The number of amides is 1. The fourth-order valence-electron chi connectivity index (χ4n) is 3.14. The van der Waals surface area contributed by atoms with E-state index in [1.807, 2.05) is 44.2 Å². The van der Waals surface area contributed by atoms with Crippen molar-refractivity contribution < 1.29 is 9.53 Å². The molecule has 1 heterocycles. The summed E-state index contributed by atoms with van der Waals surface area (Å²) in [5.41, 5.74) is 3.44. The second-order valence-corrected chi connectivity index (χ2v) is 7.54. The molecule has 0 bridgehead atoms. The Morgan fingerprint density at radius 3 is 2.93 bits per heavy atom. The molecule has 0 spiro atoms. The van der Waals surface area contributed by atoms with Gasteiger partial charge in [-0.15, -0.1) is 0 Å². The number of ether oxygens (including phenoxy) is 1. The molecule has 2 aromatic rings. The molecule has 1 unspecified atom stereocenters. The number of hydrogen-bond acceptors (Lipinski definition) is 5. The van der Waals surface area contributed by atoms with Crippen LogP contribution < -0.4 is 10.1 Å². The van der Waals surface area contributed by atoms with Crippen molar-refractivity contribution in [3.05, 3.63) is 47.2 Å². The normalized spacial score (nSPS) is 13.5. The van der Waals surface area contributed by atoms with Crippen molar-refractivity contribution in [1.82, 2.24) is 4.98 Å². The molecule has 6 heteroatoms. The lowest BCUT2D eigenvalue weighted by Crippen LogP contribution is -2.25. The molecule has 1 aromatic carbocycles. The number of carbonyl (C=O) groups is 1. The first kappa shape index (κ1) is 19.2. The number of pyridine rings is 1. The van der Waals surface area contributed by atoms with Crippen LogP contribution in [0, 0.1) is 11.3 Å². The lowest BCUT2D eigenvalue weighted by molar-refractivity contribution is -0.115. The molecule has 27 heavy (non-hydrogen) atoms. The average molecular weight is 382 g/mol. The maximum atomic E-state index is 12.8. The Morgan fingerprint density at radius 1 is 1.37 bits per heavy atom. The summed E-state index contributed by atoms with van der Waals surface area (Å²) in [6, 6.07) is 11.6. The third-order valence-corrected chi connectivity index (χ3v) is 5.86. The maximum Gasteiger partial charge on any atom is 0.238 e. The molecule has 0 fully saturated rings. The zero-order valence-corrected chi connectivity index (χ0v) is 16.4. The minimum Gasteiger partial charge on any atom is -0.492 e. The molecule has 0 saturated carbocycles. The highest BCUT2D eigenvalue weighted by molar-refractivity contribution is 8.00. The molecule has 140 valence electrons. The van der Waals surface area contributed by atoms with Crippen LogP contribution in [0.1, 0.15) is 43.5 Å². The van der Waals surface area contributed by atoms with E-state index in [0.29, 0.717) is 35.1 Å². The van der Waals surface area contributed by atoms with E-state index < -0.39 is 0 Å². The Kier molecular flexibility index (Phi) is 6.36. The summed E-state index contributed by atoms with van der Waals surface area (Å²) in [6.45, 7) is 4.40. The monoisotopic (exact) mass is 381 g/mol. The van der Waals surface area contributed by atoms with Crippen LogP contribution >= 0.6 is 11.8 Å². The van der Waals surface area contributed by atoms with Crippen molar-refractivity contribution in [2.24, 2.45) is 0 Å². The number of benzene rings is 1. The molecule has 5 nitrogen and oxygen atoms in total. The summed E-state index contributed by atoms with van der Waals surface area (Å²) < 4.78 is 5.58. The van der Waals surface area contributed by atoms with Gasteiger partial charge in [0.15, 0.2) is 0 Å². The smallest absolute Gasteiger partial charge is 0.238 e. The first-order valence-corrected chi connectivity index (χ1v) is 10.2. The number of aromatic nitrogens is 1. The molecule has 1 amide bonds. The van der Waals surface area contributed by atoms with Gasteiger partial charge in [-0.1, -0.05) is 30.8 Å². The van der Waals surface area contributed by atoms with Crippen molar-refractivity contribution in [2.45, 2.75) is 49.8 Å². The largest absolute Gasteiger partial charge is 0.492 e. The van der Waals surface area contributed by atoms with Gasteiger partial charge in [0.05, 0.1) is 23.1 Å². The lowest BCUT2D eigenvalue weighted by Gasteiger charge is -2.17. The number of fused-ring (bicyclic) bond motifs is 1. The molecule has 0 saturated heterocycles. The van der Waals surface area contributed by atoms with Crippen LogP contribution in [0.15, 0.2) is 35.4 Å². The second-order valence-electron chi connectivity index (χ2n) is 6.35. The SMILES string of the molecule is CCOc1ccccc1NC(=O)C(CC)Sc1nc2c(cc1C#N)CCC2. The average Bonchev–Trinajstić information content (AvgIpc) is 3.14. The van der Waals surface area contributed by atoms with E-state index in [9.17, 15) is 10.1 Å². The van der Waals surface area contributed by atoms with Crippen LogP contribution in [0.2, 0.25) is 0 Å². The van der Waals surface area contributed by atoms with Gasteiger partial charge in [-0.3, -0.25) is 4.79 Å². The molecular weight excluding hydrogens is 358 g/mol. The number of carbonyl (C=O) groups excluding carboxylic acids is 1. The molecule has 3 rings (SSSR count). The minimum atomic E-state index is -0.335. The van der Waals surface area contributed by atoms with E-state index in [2.05, 4.69) is 16.4 Å². The Labute approximate surface area is 164 Å². The third-order valence-electron chi connectivity index (χ3n) is 4.50. The van der Waals surface area contributed by atoms with Gasteiger partial charge in [-0.2, -0.15) is 5.26 Å². The summed E-state index contributed by atoms with van der Waals surface area (Å²) in [7, 11) is 0. The number of rotatable bonds is 7. The minimum absolute atomic E-state index is 0.110. The van der Waals surface area contributed by atoms with Crippen LogP contribution in [0.25, 0.3) is 0 Å². The van der Waals surface area contributed by atoms with Gasteiger partial charge >= 0.3 is 0 Å². The van der Waals surface area contributed by atoms with Gasteiger partial charge in [-0.05, 0) is 56.4 Å². The summed E-state index contributed by atoms with van der Waals surface area (Å²) in [6.07, 6.45) is 3.64. The Hall–Kier alpha value is -2.52. The van der Waals surface area contributed by atoms with E-state index in [1.54, 1.807) is 0 Å². The number of hydrogen-bond donors (Lipinski definition) is 1. The number of anilines is 1. The van der Waals surface area contributed by atoms with Gasteiger partial charge in [0.2, 0.25) is 5.91 Å². The molecule has 1 aliphatic carbocycles. The number of para-hydroxylation sites is 2. The number of thioether (sulfide) groups is 1. The predicted molar refractivity (Wildman–Crippen MR) is 107 cm³/mol. The Bertz CT molecular complexity index is 876. The van der Waals surface area contributed by atoms with E-state index in [1.165, 1.54) is 17.3 Å². The standard InChI is InChI=1S/C21H23N3O2S/c1-3-19(20(25)23-17-9-5-6-11-18(17)26-4-2)27-21-15(13-22)12-14-8-7-10-16(14)24-21/h5-6,9,11-12,19H,3-4,7-8,10H2,1-2H3,(H,23,25). The highest BCUT2D eigenvalue weighted by atomic mass is 32.2. The van der Waals surface area contributed by atoms with Crippen LogP contribution in [0.3, 0.4) is 0 Å². The number of nitriles is 1. The van der Waals surface area contributed by atoms with E-state index in [0.717, 1.165) is 25.0 Å². The van der Waals surface area contributed by atoms with Gasteiger partial charge in [0.25, 0.3) is 0 Å². The molecular formula is C21H23N3O2S. The molecule has 1 aliphatic rings. The van der Waals surface area contributed by atoms with Crippen LogP contribution in [-0.4, -0.2) is 22.7 Å². The van der Waals surface area contributed by atoms with Crippen LogP contribution in [0.5, 0.6) is 5.75 Å². The van der Waals surface area contributed by atoms with Crippen molar-refractivity contribution in [3.63, 3.8) is 0 Å². The highest BCUT2D eigenvalue weighted by Gasteiger charge is 2.23. The first-order valence-electron chi connectivity index (χ1n) is 9.28. The van der Waals surface area contributed by atoms with Gasteiger partial charge in [-0.25, -0.2) is 4.98 Å². The zero-order chi connectivity index (χ0) is 19.2. The van der Waals surface area contributed by atoms with Crippen LogP contribution in [-0.2, 0) is 17.6 Å². The summed E-state index contributed by atoms with van der Waals surface area (Å²) in [5, 5.41) is 12.8. The molecule has 0 aliphatic heterocycles. The lowest BCUT2D eigenvalue weighted by atomic mass is 10.2. The number of nitrogens with one attached hydrogen (secondary N) is 1. The van der Waals surface area contributed by atoms with E-state index in [-0.39, 0.29) is 11.2 Å². The summed E-state index contributed by atoms with van der Waals surface area (Å²) in [5.74, 6) is 0.544. The molecule has 0 radical (unpaired) electrons. The Morgan fingerprint density at radius 2 is 2.19 bits per heavy atom. The molecule has 1 N–H and O–H groups in total. The summed E-state index contributed by atoms with van der Waals surface area (Å²) in [4.78, 5) is 17.5.